The third-order valence-corrected chi connectivity index (χ3v) is 4.42. The molecule has 2 saturated carbocycles. The fourth-order valence-electron chi connectivity index (χ4n) is 2.83. The first-order chi connectivity index (χ1) is 12.0. The van der Waals surface area contributed by atoms with Crippen molar-refractivity contribution >= 4 is 0 Å². The minimum atomic E-state index is -1.20. The maximum atomic E-state index is 13.1. The van der Waals surface area contributed by atoms with Gasteiger partial charge in [-0.2, -0.15) is 0 Å². The highest BCUT2D eigenvalue weighted by atomic mass is 19.1. The molecule has 0 nitrogen and oxygen atoms in total. The predicted octanol–water partition coefficient (Wildman–Crippen LogP) is 7.90. The maximum absolute atomic E-state index is 13.1. The van der Waals surface area contributed by atoms with E-state index in [2.05, 4.69) is 0 Å². The molecule has 0 aliphatic heterocycles. The molecule has 1 unspecified atom stereocenters. The Hall–Kier alpha value is -0.140. The summed E-state index contributed by atoms with van der Waals surface area (Å²) in [6.07, 6.45) is 3.30. The lowest BCUT2D eigenvalue weighted by molar-refractivity contribution is 0.108. The lowest BCUT2D eigenvalue weighted by Gasteiger charge is -2.28. The molecular formula is C21H42F2. The van der Waals surface area contributed by atoms with Crippen LogP contribution in [0.1, 0.15) is 113 Å². The van der Waals surface area contributed by atoms with Gasteiger partial charge in [-0.1, -0.05) is 47.4 Å². The molecule has 2 aliphatic rings. The van der Waals surface area contributed by atoms with Gasteiger partial charge in [-0.15, -0.1) is 0 Å². The van der Waals surface area contributed by atoms with Gasteiger partial charge in [-0.05, 0) is 76.5 Å². The van der Waals surface area contributed by atoms with Crippen LogP contribution in [-0.2, 0) is 0 Å². The number of alkyl halides is 2. The summed E-state index contributed by atoms with van der Waals surface area (Å²) in [5.41, 5.74) is -2.04. The highest BCUT2D eigenvalue weighted by Gasteiger charge is 2.32. The standard InChI is InChI=1S/C8H15F.C7H13F.C6H14/c1-7-3-5-8(2,9)6-4-7;1-6-3-4-7(2,8)5-6;1-4-5-6(2)3/h7H,3-6H2,1-2H3;6H,3-5H2,1-2H3;6H,4-5H2,1-3H3/t;6-,7?;/m.1./s1/i7D;6D;4D2,6D. The van der Waals surface area contributed by atoms with E-state index < -0.39 is 29.5 Å². The molecule has 0 amide bonds. The lowest BCUT2D eigenvalue weighted by atomic mass is 9.82. The van der Waals surface area contributed by atoms with Gasteiger partial charge in [0.2, 0.25) is 0 Å². The van der Waals surface area contributed by atoms with Crippen molar-refractivity contribution in [2.45, 2.75) is 118 Å². The van der Waals surface area contributed by atoms with Gasteiger partial charge in [0.25, 0.3) is 0 Å². The molecule has 0 radical (unpaired) electrons. The molecule has 2 fully saturated rings. The van der Waals surface area contributed by atoms with Crippen LogP contribution >= 0.6 is 0 Å². The van der Waals surface area contributed by atoms with Crippen molar-refractivity contribution in [3.8, 4) is 0 Å². The van der Waals surface area contributed by atoms with Crippen LogP contribution < -0.4 is 0 Å². The second-order valence-electron chi connectivity index (χ2n) is 8.16. The summed E-state index contributed by atoms with van der Waals surface area (Å²) >= 11 is 0. The number of halogens is 2. The molecule has 0 aromatic rings. The summed E-state index contributed by atoms with van der Waals surface area (Å²) in [7, 11) is 0. The predicted molar refractivity (Wildman–Crippen MR) is 99.4 cm³/mol. The highest BCUT2D eigenvalue weighted by molar-refractivity contribution is 4.83. The Labute approximate surface area is 151 Å². The Morgan fingerprint density at radius 2 is 1.48 bits per heavy atom. The first-order valence-electron chi connectivity index (χ1n) is 11.4. The molecule has 0 N–H and O–H groups in total. The molecular weight excluding hydrogens is 290 g/mol. The van der Waals surface area contributed by atoms with Gasteiger partial charge in [0.1, 0.15) is 11.3 Å². The number of rotatable bonds is 2. The first-order valence-corrected chi connectivity index (χ1v) is 8.91. The van der Waals surface area contributed by atoms with Crippen molar-refractivity contribution in [2.75, 3.05) is 0 Å². The van der Waals surface area contributed by atoms with Crippen LogP contribution in [0.3, 0.4) is 0 Å². The van der Waals surface area contributed by atoms with Crippen molar-refractivity contribution < 1.29 is 15.6 Å². The van der Waals surface area contributed by atoms with Crippen molar-refractivity contribution in [1.29, 1.82) is 0 Å². The smallest absolute Gasteiger partial charge is 0.108 e. The van der Waals surface area contributed by atoms with E-state index in [9.17, 15) is 8.78 Å². The van der Waals surface area contributed by atoms with E-state index in [0.29, 0.717) is 51.4 Å². The number of hydrogen-bond donors (Lipinski definition) is 0. The molecule has 2 atom stereocenters. The van der Waals surface area contributed by atoms with Crippen LogP contribution in [0, 0.1) is 17.7 Å². The molecule has 2 rings (SSSR count). The van der Waals surface area contributed by atoms with Crippen LogP contribution in [0.15, 0.2) is 0 Å². The monoisotopic (exact) mass is 337 g/mol. The summed E-state index contributed by atoms with van der Waals surface area (Å²) in [4.78, 5) is 0. The zero-order chi connectivity index (χ0) is 22.7. The zero-order valence-electron chi connectivity index (χ0n) is 21.4. The molecule has 0 aromatic carbocycles. The Morgan fingerprint density at radius 3 is 1.65 bits per heavy atom. The van der Waals surface area contributed by atoms with Crippen LogP contribution in [0.4, 0.5) is 8.78 Å². The second kappa shape index (κ2) is 10.7. The molecule has 23 heavy (non-hydrogen) atoms. The minimum absolute atomic E-state index is 0.292. The summed E-state index contributed by atoms with van der Waals surface area (Å²) in [5.74, 6) is -1.49. The third kappa shape index (κ3) is 12.9. The van der Waals surface area contributed by atoms with Gasteiger partial charge >= 0.3 is 0 Å². The van der Waals surface area contributed by atoms with E-state index in [0.717, 1.165) is 0 Å². The quantitative estimate of drug-likeness (QED) is 0.480. The van der Waals surface area contributed by atoms with Gasteiger partial charge < -0.3 is 0 Å². The van der Waals surface area contributed by atoms with E-state index in [1.54, 1.807) is 34.6 Å². The topological polar surface area (TPSA) is 0 Å². The average molecular weight is 338 g/mol. The Morgan fingerprint density at radius 1 is 1.04 bits per heavy atom. The molecule has 2 heteroatoms. The Kier molecular flexibility index (Phi) is 7.02. The summed E-state index contributed by atoms with van der Waals surface area (Å²) in [6, 6.07) is 0. The first kappa shape index (κ1) is 15.1. The molecule has 2 aliphatic carbocycles. The largest absolute Gasteiger partial charge is 0.244 e. The summed E-state index contributed by atoms with van der Waals surface area (Å²) in [6.45, 7) is 11.9. The Balaban J connectivity index is 0.000000392. The van der Waals surface area contributed by atoms with Crippen LogP contribution in [0.2, 0.25) is 0 Å². The van der Waals surface area contributed by atoms with E-state index in [1.165, 1.54) is 6.92 Å². The molecule has 0 bridgehead atoms. The fourth-order valence-corrected chi connectivity index (χ4v) is 2.83. The van der Waals surface area contributed by atoms with E-state index in [4.69, 9.17) is 6.85 Å². The van der Waals surface area contributed by atoms with Crippen molar-refractivity contribution in [2.24, 2.45) is 17.7 Å². The molecule has 140 valence electrons. The van der Waals surface area contributed by atoms with E-state index >= 15 is 0 Å². The highest BCUT2D eigenvalue weighted by Crippen LogP contribution is 2.36. The van der Waals surface area contributed by atoms with Gasteiger partial charge in [0, 0.05) is 6.85 Å². The van der Waals surface area contributed by atoms with Gasteiger partial charge in [0.05, 0.1) is 0 Å². The summed E-state index contributed by atoms with van der Waals surface area (Å²) in [5, 5.41) is 0. The van der Waals surface area contributed by atoms with Crippen LogP contribution in [0.5, 0.6) is 0 Å². The number of hydrogen-bond acceptors (Lipinski definition) is 0. The second-order valence-corrected chi connectivity index (χ2v) is 8.16. The molecule has 0 saturated heterocycles. The SMILES string of the molecule is [2H]C([2H])(C)CC([2H])(C)C.[2H]C1(C)CCC(C)(F)CC1.[2H][C@@]1(C)CCC(C)(F)C1. The maximum Gasteiger partial charge on any atom is 0.108 e. The molecule has 0 heterocycles. The fraction of sp³-hybridized carbons (Fsp3) is 1.00. The van der Waals surface area contributed by atoms with E-state index in [-0.39, 0.29) is 5.89 Å². The van der Waals surface area contributed by atoms with Crippen molar-refractivity contribution in [3.05, 3.63) is 0 Å². The van der Waals surface area contributed by atoms with Crippen molar-refractivity contribution in [1.82, 2.24) is 0 Å². The van der Waals surface area contributed by atoms with Crippen molar-refractivity contribution in [3.63, 3.8) is 0 Å². The van der Waals surface area contributed by atoms with Crippen LogP contribution in [-0.4, -0.2) is 11.3 Å². The minimum Gasteiger partial charge on any atom is -0.244 e. The normalized spacial score (nSPS) is 47.4. The van der Waals surface area contributed by atoms with Gasteiger partial charge in [-0.25, -0.2) is 8.78 Å². The third-order valence-electron chi connectivity index (χ3n) is 4.42. The lowest BCUT2D eigenvalue weighted by Crippen LogP contribution is -2.24. The summed E-state index contributed by atoms with van der Waals surface area (Å²) < 4.78 is 62.9. The van der Waals surface area contributed by atoms with Crippen LogP contribution in [0.25, 0.3) is 0 Å². The Bertz CT molecular complexity index is 420. The van der Waals surface area contributed by atoms with Gasteiger partial charge in [0.15, 0.2) is 0 Å². The average Bonchev–Trinajstić information content (AvgIpc) is 2.63. The van der Waals surface area contributed by atoms with E-state index in [1.807, 2.05) is 6.92 Å². The molecule has 0 spiro atoms. The zero-order valence-corrected chi connectivity index (χ0v) is 16.4. The van der Waals surface area contributed by atoms with Gasteiger partial charge in [-0.3, -0.25) is 0 Å². The molecule has 0 aromatic heterocycles.